The minimum absolute atomic E-state index is 0.268. The molecule has 2 atom stereocenters. The molecular formula is C27H28N4O2. The van der Waals surface area contributed by atoms with Gasteiger partial charge in [0.25, 0.3) is 5.91 Å². The van der Waals surface area contributed by atoms with Crippen LogP contribution >= 0.6 is 0 Å². The summed E-state index contributed by atoms with van der Waals surface area (Å²) in [6, 6.07) is 26.9. The van der Waals surface area contributed by atoms with Gasteiger partial charge >= 0.3 is 0 Å². The zero-order chi connectivity index (χ0) is 23.2. The third-order valence-corrected chi connectivity index (χ3v) is 5.64. The molecule has 0 saturated heterocycles. The largest absolute Gasteiger partial charge is 0.325 e. The van der Waals surface area contributed by atoms with Crippen LogP contribution in [0.4, 0.5) is 5.69 Å². The van der Waals surface area contributed by atoms with Crippen LogP contribution in [0.15, 0.2) is 89.9 Å². The summed E-state index contributed by atoms with van der Waals surface area (Å²) in [7, 11) is 0. The Morgan fingerprint density at radius 2 is 1.64 bits per heavy atom. The minimum Gasteiger partial charge on any atom is -0.325 e. The topological polar surface area (TPSA) is 87.8 Å². The Kier molecular flexibility index (Phi) is 6.95. The van der Waals surface area contributed by atoms with Crippen molar-refractivity contribution in [1.82, 2.24) is 5.32 Å². The molecule has 0 aromatic heterocycles. The number of nitrogens with two attached hydrogens (primary N) is 1. The fourth-order valence-corrected chi connectivity index (χ4v) is 3.93. The molecule has 0 saturated carbocycles. The number of aryl methyl sites for hydroxylation is 1. The summed E-state index contributed by atoms with van der Waals surface area (Å²) in [5.74, 6) is -0.685. The Bertz CT molecular complexity index is 1140. The number of anilines is 1. The number of carbonyl (C=O) groups is 2. The van der Waals surface area contributed by atoms with Crippen LogP contribution < -0.4 is 16.0 Å². The smallest absolute Gasteiger partial charge is 0.272 e. The summed E-state index contributed by atoms with van der Waals surface area (Å²) in [5, 5.41) is 2.74. The molecule has 0 aliphatic carbocycles. The summed E-state index contributed by atoms with van der Waals surface area (Å²) >= 11 is 0. The first kappa shape index (κ1) is 22.4. The predicted molar refractivity (Wildman–Crippen MR) is 131 cm³/mol. The number of hydrogen-bond donors (Lipinski definition) is 2. The van der Waals surface area contributed by atoms with Crippen molar-refractivity contribution in [2.45, 2.75) is 32.0 Å². The van der Waals surface area contributed by atoms with Gasteiger partial charge < -0.3 is 16.0 Å². The first-order valence-corrected chi connectivity index (χ1v) is 11.2. The van der Waals surface area contributed by atoms with Crippen molar-refractivity contribution < 1.29 is 9.59 Å². The van der Waals surface area contributed by atoms with E-state index in [2.05, 4.69) is 17.4 Å². The van der Waals surface area contributed by atoms with E-state index in [1.165, 1.54) is 5.56 Å². The first-order chi connectivity index (χ1) is 16.0. The van der Waals surface area contributed by atoms with Gasteiger partial charge in [0, 0.05) is 17.7 Å². The maximum absolute atomic E-state index is 13.6. The highest BCUT2D eigenvalue weighted by atomic mass is 16.2. The molecule has 0 fully saturated rings. The molecule has 3 aromatic rings. The van der Waals surface area contributed by atoms with Crippen LogP contribution in [0.2, 0.25) is 0 Å². The summed E-state index contributed by atoms with van der Waals surface area (Å²) in [4.78, 5) is 32.5. The van der Waals surface area contributed by atoms with Crippen molar-refractivity contribution in [3.05, 3.63) is 102 Å². The fourth-order valence-electron chi connectivity index (χ4n) is 3.93. The zero-order valence-corrected chi connectivity index (χ0v) is 18.6. The molecule has 3 aromatic carbocycles. The molecule has 0 radical (unpaired) electrons. The van der Waals surface area contributed by atoms with Gasteiger partial charge in [0.1, 0.15) is 0 Å². The lowest BCUT2D eigenvalue weighted by Gasteiger charge is -2.26. The average Bonchev–Trinajstić information content (AvgIpc) is 2.95. The Hall–Kier alpha value is -3.77. The number of carbonyl (C=O) groups excluding carboxylic acids is 2. The van der Waals surface area contributed by atoms with E-state index < -0.39 is 18.1 Å². The molecule has 33 heavy (non-hydrogen) atoms. The lowest BCUT2D eigenvalue weighted by atomic mass is 10.00. The number of para-hydroxylation sites is 1. The van der Waals surface area contributed by atoms with Crippen LogP contribution in [0.1, 0.15) is 30.0 Å². The number of aliphatic imine (C=N–C) groups is 1. The number of nitrogens with one attached hydrogen (secondary N) is 1. The maximum atomic E-state index is 13.6. The van der Waals surface area contributed by atoms with Crippen molar-refractivity contribution in [3.8, 4) is 0 Å². The summed E-state index contributed by atoms with van der Waals surface area (Å²) < 4.78 is 0. The normalized spacial score (nSPS) is 16.4. The first-order valence-electron chi connectivity index (χ1n) is 11.2. The summed E-state index contributed by atoms with van der Waals surface area (Å²) in [5.41, 5.74) is 10.2. The van der Waals surface area contributed by atoms with Crippen LogP contribution in [0.25, 0.3) is 0 Å². The van der Waals surface area contributed by atoms with Crippen molar-refractivity contribution in [2.24, 2.45) is 10.7 Å². The monoisotopic (exact) mass is 440 g/mol. The van der Waals surface area contributed by atoms with Crippen molar-refractivity contribution in [2.75, 3.05) is 11.4 Å². The van der Waals surface area contributed by atoms with Gasteiger partial charge in [-0.1, -0.05) is 78.9 Å². The molecule has 1 aliphatic rings. The van der Waals surface area contributed by atoms with Crippen molar-refractivity contribution in [3.63, 3.8) is 0 Å². The van der Waals surface area contributed by atoms with Gasteiger partial charge in [-0.2, -0.15) is 0 Å². The minimum atomic E-state index is -1.05. The van der Waals surface area contributed by atoms with Crippen molar-refractivity contribution in [1.29, 1.82) is 0 Å². The third-order valence-electron chi connectivity index (χ3n) is 5.64. The van der Waals surface area contributed by atoms with E-state index in [-0.39, 0.29) is 5.91 Å². The van der Waals surface area contributed by atoms with E-state index in [0.717, 1.165) is 29.7 Å². The third kappa shape index (κ3) is 5.18. The number of fused-ring (bicyclic) bond motifs is 1. The average molecular weight is 441 g/mol. The Morgan fingerprint density at radius 3 is 2.33 bits per heavy atom. The van der Waals surface area contributed by atoms with E-state index >= 15 is 0 Å². The van der Waals surface area contributed by atoms with Gasteiger partial charge in [-0.25, -0.2) is 4.99 Å². The molecule has 0 bridgehead atoms. The Morgan fingerprint density at radius 1 is 1.00 bits per heavy atom. The van der Waals surface area contributed by atoms with E-state index in [1.807, 2.05) is 72.8 Å². The number of amides is 2. The lowest BCUT2D eigenvalue weighted by Crippen LogP contribution is -2.51. The van der Waals surface area contributed by atoms with E-state index in [0.29, 0.717) is 12.3 Å². The second-order valence-electron chi connectivity index (χ2n) is 8.14. The SMILES string of the molecule is C[C@H](N)C(=O)NC1N=C(c2ccccc2)c2ccccc2N(CCCc2ccccc2)C1=O. The molecule has 6 heteroatoms. The highest BCUT2D eigenvalue weighted by Gasteiger charge is 2.33. The molecule has 1 aliphatic heterocycles. The highest BCUT2D eigenvalue weighted by Crippen LogP contribution is 2.28. The molecule has 0 spiro atoms. The predicted octanol–water partition coefficient (Wildman–Crippen LogP) is 3.29. The molecule has 1 heterocycles. The van der Waals surface area contributed by atoms with Gasteiger partial charge in [-0.05, 0) is 31.4 Å². The fraction of sp³-hybridized carbons (Fsp3) is 0.222. The molecular weight excluding hydrogens is 412 g/mol. The molecule has 2 amide bonds. The lowest BCUT2D eigenvalue weighted by molar-refractivity contribution is -0.127. The van der Waals surface area contributed by atoms with Gasteiger partial charge in [0.15, 0.2) is 0 Å². The van der Waals surface area contributed by atoms with Gasteiger partial charge in [0.2, 0.25) is 12.1 Å². The van der Waals surface area contributed by atoms with Crippen LogP contribution in [-0.2, 0) is 16.0 Å². The van der Waals surface area contributed by atoms with Crippen LogP contribution in [-0.4, -0.2) is 36.3 Å². The van der Waals surface area contributed by atoms with Gasteiger partial charge in [-0.15, -0.1) is 0 Å². The Balaban J connectivity index is 1.71. The zero-order valence-electron chi connectivity index (χ0n) is 18.6. The number of rotatable bonds is 7. The summed E-state index contributed by atoms with van der Waals surface area (Å²) in [6.45, 7) is 2.09. The van der Waals surface area contributed by atoms with Gasteiger partial charge in [0.05, 0.1) is 17.4 Å². The Labute approximate surface area is 194 Å². The summed E-state index contributed by atoms with van der Waals surface area (Å²) in [6.07, 6.45) is 0.567. The number of benzodiazepines with no additional fused rings is 1. The van der Waals surface area contributed by atoms with E-state index in [1.54, 1.807) is 11.8 Å². The number of benzene rings is 3. The maximum Gasteiger partial charge on any atom is 0.272 e. The quantitative estimate of drug-likeness (QED) is 0.591. The molecule has 168 valence electrons. The number of nitrogens with zero attached hydrogens (tertiary/aromatic N) is 2. The van der Waals surface area contributed by atoms with E-state index in [4.69, 9.17) is 10.7 Å². The van der Waals surface area contributed by atoms with Crippen LogP contribution in [0.5, 0.6) is 0 Å². The second kappa shape index (κ2) is 10.2. The molecule has 1 unspecified atom stereocenters. The molecule has 3 N–H and O–H groups in total. The molecule has 6 nitrogen and oxygen atoms in total. The standard InChI is InChI=1S/C27H28N4O2/c1-19(28)26(32)30-25-27(33)31(18-10-13-20-11-4-2-5-12-20)23-17-9-8-16-22(23)24(29-25)21-14-6-3-7-15-21/h2-9,11-12,14-17,19,25H,10,13,18,28H2,1H3,(H,30,32)/t19-,25?/m0/s1. The van der Waals surface area contributed by atoms with Crippen LogP contribution in [0.3, 0.4) is 0 Å². The number of hydrogen-bond acceptors (Lipinski definition) is 4. The van der Waals surface area contributed by atoms with E-state index in [9.17, 15) is 9.59 Å². The van der Waals surface area contributed by atoms with Crippen LogP contribution in [0, 0.1) is 0 Å². The molecule has 4 rings (SSSR count). The van der Waals surface area contributed by atoms with Gasteiger partial charge in [-0.3, -0.25) is 9.59 Å². The highest BCUT2D eigenvalue weighted by molar-refractivity contribution is 6.20. The van der Waals surface area contributed by atoms with Crippen molar-refractivity contribution >= 4 is 23.2 Å². The second-order valence-corrected chi connectivity index (χ2v) is 8.14.